The van der Waals surface area contributed by atoms with E-state index in [1.54, 1.807) is 24.3 Å². The van der Waals surface area contributed by atoms with Gasteiger partial charge in [-0.1, -0.05) is 35.9 Å². The number of aliphatic carboxylic acids is 1. The van der Waals surface area contributed by atoms with Gasteiger partial charge in [0.15, 0.2) is 0 Å². The van der Waals surface area contributed by atoms with Gasteiger partial charge >= 0.3 is 5.97 Å². The Labute approximate surface area is 122 Å². The standard InChI is InChI=1S/C16H14ClNO2/c17-13-5-7-14(8-6-13)18-16(15(19)20)9-11-3-1-2-4-12(11)10-16/h1-8,18H,9-10H2,(H,19,20). The van der Waals surface area contributed by atoms with Crippen LogP contribution in [0.3, 0.4) is 0 Å². The lowest BCUT2D eigenvalue weighted by atomic mass is 9.95. The number of carboxylic acids is 1. The average molecular weight is 288 g/mol. The van der Waals surface area contributed by atoms with Gasteiger partial charge in [-0.15, -0.1) is 0 Å². The lowest BCUT2D eigenvalue weighted by Gasteiger charge is -2.26. The van der Waals surface area contributed by atoms with Crippen molar-refractivity contribution >= 4 is 23.3 Å². The van der Waals surface area contributed by atoms with E-state index in [1.165, 1.54) is 0 Å². The minimum Gasteiger partial charge on any atom is -0.479 e. The first-order valence-electron chi connectivity index (χ1n) is 6.43. The molecular formula is C16H14ClNO2. The van der Waals surface area contributed by atoms with Crippen LogP contribution >= 0.6 is 11.6 Å². The summed E-state index contributed by atoms with van der Waals surface area (Å²) in [6.07, 6.45) is 0.974. The minimum atomic E-state index is -0.975. The molecule has 0 fully saturated rings. The van der Waals surface area contributed by atoms with E-state index in [9.17, 15) is 9.90 Å². The Hall–Kier alpha value is -2.00. The highest BCUT2D eigenvalue weighted by Crippen LogP contribution is 2.33. The van der Waals surface area contributed by atoms with Crippen LogP contribution in [-0.4, -0.2) is 16.6 Å². The summed E-state index contributed by atoms with van der Waals surface area (Å²) < 4.78 is 0. The van der Waals surface area contributed by atoms with Gasteiger partial charge in [0.05, 0.1) is 0 Å². The zero-order valence-electron chi connectivity index (χ0n) is 10.8. The molecule has 0 spiro atoms. The van der Waals surface area contributed by atoms with Crippen molar-refractivity contribution in [1.82, 2.24) is 0 Å². The summed E-state index contributed by atoms with van der Waals surface area (Å²) in [5, 5.41) is 13.5. The van der Waals surface area contributed by atoms with Gasteiger partial charge in [-0.25, -0.2) is 4.79 Å². The zero-order valence-corrected chi connectivity index (χ0v) is 11.5. The molecule has 2 N–H and O–H groups in total. The van der Waals surface area contributed by atoms with Crippen molar-refractivity contribution in [1.29, 1.82) is 0 Å². The number of hydrogen-bond acceptors (Lipinski definition) is 2. The Morgan fingerprint density at radius 1 is 1.05 bits per heavy atom. The van der Waals surface area contributed by atoms with E-state index in [0.29, 0.717) is 17.9 Å². The van der Waals surface area contributed by atoms with Gasteiger partial charge in [0, 0.05) is 23.6 Å². The second kappa shape index (κ2) is 4.84. The molecule has 1 aliphatic carbocycles. The Morgan fingerprint density at radius 3 is 2.10 bits per heavy atom. The van der Waals surface area contributed by atoms with Crippen molar-refractivity contribution in [3.63, 3.8) is 0 Å². The summed E-state index contributed by atoms with van der Waals surface area (Å²) in [5.41, 5.74) is 1.98. The number of benzene rings is 2. The van der Waals surface area contributed by atoms with Crippen LogP contribution in [0, 0.1) is 0 Å². The molecule has 0 radical (unpaired) electrons. The molecule has 3 nitrogen and oxygen atoms in total. The number of fused-ring (bicyclic) bond motifs is 1. The number of anilines is 1. The fourth-order valence-electron chi connectivity index (χ4n) is 2.72. The van der Waals surface area contributed by atoms with Crippen LogP contribution in [0.15, 0.2) is 48.5 Å². The normalized spacial score (nSPS) is 15.7. The van der Waals surface area contributed by atoms with E-state index in [0.717, 1.165) is 16.8 Å². The maximum absolute atomic E-state index is 11.8. The van der Waals surface area contributed by atoms with Gasteiger partial charge in [-0.05, 0) is 35.4 Å². The molecule has 0 atom stereocenters. The zero-order chi connectivity index (χ0) is 14.2. The second-order valence-electron chi connectivity index (χ2n) is 5.14. The van der Waals surface area contributed by atoms with E-state index >= 15 is 0 Å². The summed E-state index contributed by atoms with van der Waals surface area (Å²) in [5.74, 6) is -0.830. The predicted octanol–water partition coefficient (Wildman–Crippen LogP) is 3.37. The summed E-state index contributed by atoms with van der Waals surface area (Å²) in [6.45, 7) is 0. The fourth-order valence-corrected chi connectivity index (χ4v) is 2.84. The Kier molecular flexibility index (Phi) is 3.14. The van der Waals surface area contributed by atoms with Crippen LogP contribution in [0.2, 0.25) is 5.02 Å². The van der Waals surface area contributed by atoms with Gasteiger partial charge in [0.25, 0.3) is 0 Å². The molecule has 0 amide bonds. The van der Waals surface area contributed by atoms with Crippen LogP contribution in [0.1, 0.15) is 11.1 Å². The SMILES string of the molecule is O=C(O)C1(Nc2ccc(Cl)cc2)Cc2ccccc2C1. The third-order valence-electron chi connectivity index (χ3n) is 3.74. The predicted molar refractivity (Wildman–Crippen MR) is 79.3 cm³/mol. The van der Waals surface area contributed by atoms with Crippen molar-refractivity contribution < 1.29 is 9.90 Å². The summed E-state index contributed by atoms with van der Waals surface area (Å²) in [4.78, 5) is 11.8. The van der Waals surface area contributed by atoms with Crippen molar-refractivity contribution in [3.05, 3.63) is 64.7 Å². The van der Waals surface area contributed by atoms with E-state index in [1.807, 2.05) is 24.3 Å². The Balaban J connectivity index is 1.92. The smallest absolute Gasteiger partial charge is 0.330 e. The molecule has 0 unspecified atom stereocenters. The van der Waals surface area contributed by atoms with E-state index in [-0.39, 0.29) is 0 Å². The first-order chi connectivity index (χ1) is 9.59. The minimum absolute atomic E-state index is 0.487. The first-order valence-corrected chi connectivity index (χ1v) is 6.81. The Bertz CT molecular complexity index is 627. The summed E-state index contributed by atoms with van der Waals surface area (Å²) in [6, 6.07) is 15.0. The third-order valence-corrected chi connectivity index (χ3v) is 3.99. The summed E-state index contributed by atoms with van der Waals surface area (Å²) >= 11 is 5.85. The number of carboxylic acid groups (broad SMARTS) is 1. The molecular weight excluding hydrogens is 274 g/mol. The monoisotopic (exact) mass is 287 g/mol. The molecule has 0 aliphatic heterocycles. The van der Waals surface area contributed by atoms with E-state index < -0.39 is 11.5 Å². The quantitative estimate of drug-likeness (QED) is 0.910. The molecule has 0 aromatic heterocycles. The highest BCUT2D eigenvalue weighted by atomic mass is 35.5. The van der Waals surface area contributed by atoms with Crippen LogP contribution in [0.25, 0.3) is 0 Å². The number of nitrogens with one attached hydrogen (secondary N) is 1. The molecule has 0 bridgehead atoms. The van der Waals surface area contributed by atoms with Crippen LogP contribution in [0.5, 0.6) is 0 Å². The topological polar surface area (TPSA) is 49.3 Å². The second-order valence-corrected chi connectivity index (χ2v) is 5.58. The first kappa shape index (κ1) is 13.0. The largest absolute Gasteiger partial charge is 0.479 e. The average Bonchev–Trinajstić information content (AvgIpc) is 2.81. The Morgan fingerprint density at radius 2 is 1.60 bits per heavy atom. The molecule has 0 heterocycles. The van der Waals surface area contributed by atoms with Crippen molar-refractivity contribution in [2.75, 3.05) is 5.32 Å². The van der Waals surface area contributed by atoms with Crippen LogP contribution in [0.4, 0.5) is 5.69 Å². The molecule has 3 rings (SSSR count). The van der Waals surface area contributed by atoms with E-state index in [2.05, 4.69) is 5.32 Å². The number of hydrogen-bond donors (Lipinski definition) is 2. The maximum atomic E-state index is 11.8. The number of carbonyl (C=O) groups is 1. The lowest BCUT2D eigenvalue weighted by Crippen LogP contribution is -2.47. The maximum Gasteiger partial charge on any atom is 0.330 e. The fraction of sp³-hybridized carbons (Fsp3) is 0.188. The van der Waals surface area contributed by atoms with Crippen LogP contribution in [-0.2, 0) is 17.6 Å². The van der Waals surface area contributed by atoms with Gasteiger partial charge in [0.1, 0.15) is 5.54 Å². The van der Waals surface area contributed by atoms with E-state index in [4.69, 9.17) is 11.6 Å². The van der Waals surface area contributed by atoms with Crippen molar-refractivity contribution in [3.8, 4) is 0 Å². The van der Waals surface area contributed by atoms with Crippen LogP contribution < -0.4 is 5.32 Å². The third kappa shape index (κ3) is 2.25. The highest BCUT2D eigenvalue weighted by Gasteiger charge is 2.44. The van der Waals surface area contributed by atoms with Gasteiger partial charge in [-0.2, -0.15) is 0 Å². The lowest BCUT2D eigenvalue weighted by molar-refractivity contribution is -0.142. The number of halogens is 1. The molecule has 20 heavy (non-hydrogen) atoms. The molecule has 4 heteroatoms. The molecule has 0 saturated carbocycles. The number of rotatable bonds is 3. The molecule has 102 valence electrons. The molecule has 1 aliphatic rings. The van der Waals surface area contributed by atoms with Gasteiger partial charge in [0.2, 0.25) is 0 Å². The molecule has 2 aromatic rings. The van der Waals surface area contributed by atoms with Crippen molar-refractivity contribution in [2.24, 2.45) is 0 Å². The molecule has 2 aromatic carbocycles. The molecule has 0 saturated heterocycles. The van der Waals surface area contributed by atoms with Gasteiger partial charge in [-0.3, -0.25) is 0 Å². The van der Waals surface area contributed by atoms with Gasteiger partial charge < -0.3 is 10.4 Å². The highest BCUT2D eigenvalue weighted by molar-refractivity contribution is 6.30. The summed E-state index contributed by atoms with van der Waals surface area (Å²) in [7, 11) is 0. The van der Waals surface area contributed by atoms with Crippen molar-refractivity contribution in [2.45, 2.75) is 18.4 Å².